The second-order valence-corrected chi connectivity index (χ2v) is 6.08. The minimum Gasteiger partial charge on any atom is -0.480 e. The summed E-state index contributed by atoms with van der Waals surface area (Å²) in [5.74, 6) is -2.32. The highest BCUT2D eigenvalue weighted by Crippen LogP contribution is 2.29. The van der Waals surface area contributed by atoms with Crippen molar-refractivity contribution >= 4 is 35.1 Å². The lowest BCUT2D eigenvalue weighted by atomic mass is 9.99. The van der Waals surface area contributed by atoms with Crippen LogP contribution in [0.4, 0.5) is 11.4 Å². The summed E-state index contributed by atoms with van der Waals surface area (Å²) < 4.78 is 0. The van der Waals surface area contributed by atoms with Gasteiger partial charge in [0.1, 0.15) is 12.1 Å². The minimum absolute atomic E-state index is 0.112. The Bertz CT molecular complexity index is 718. The highest BCUT2D eigenvalue weighted by atomic mass is 16.4. The number of carbonyl (C=O) groups is 4. The molecule has 1 aliphatic heterocycles. The summed E-state index contributed by atoms with van der Waals surface area (Å²) in [6.07, 6.45) is -0.0451. The van der Waals surface area contributed by atoms with Crippen molar-refractivity contribution in [1.29, 1.82) is 0 Å². The number of rotatable bonds is 6. The number of nitrogens with zero attached hydrogens (tertiary/aromatic N) is 1. The van der Waals surface area contributed by atoms with Gasteiger partial charge >= 0.3 is 5.97 Å². The molecule has 25 heavy (non-hydrogen) atoms. The van der Waals surface area contributed by atoms with Crippen LogP contribution in [0.1, 0.15) is 33.1 Å². The quantitative estimate of drug-likeness (QED) is 0.713. The van der Waals surface area contributed by atoms with Gasteiger partial charge in [-0.3, -0.25) is 14.4 Å². The van der Waals surface area contributed by atoms with Gasteiger partial charge in [-0.1, -0.05) is 19.1 Å². The van der Waals surface area contributed by atoms with E-state index in [1.165, 1.54) is 11.8 Å². The highest BCUT2D eigenvalue weighted by Gasteiger charge is 2.33. The summed E-state index contributed by atoms with van der Waals surface area (Å²) in [5, 5.41) is 14.3. The topological polar surface area (TPSA) is 116 Å². The number of para-hydroxylation sites is 2. The Labute approximate surface area is 145 Å². The molecular formula is C17H21N3O5. The van der Waals surface area contributed by atoms with Crippen molar-refractivity contribution in [2.45, 2.75) is 38.6 Å². The van der Waals surface area contributed by atoms with E-state index in [1.54, 1.807) is 31.2 Å². The first-order chi connectivity index (χ1) is 11.8. The lowest BCUT2D eigenvalue weighted by molar-refractivity contribution is -0.147. The molecule has 2 rings (SSSR count). The van der Waals surface area contributed by atoms with Gasteiger partial charge in [-0.25, -0.2) is 4.79 Å². The molecule has 1 atom stereocenters. The molecule has 0 aliphatic carbocycles. The van der Waals surface area contributed by atoms with Crippen molar-refractivity contribution in [1.82, 2.24) is 5.32 Å². The molecule has 0 fully saturated rings. The smallest absolute Gasteiger partial charge is 0.329 e. The maximum atomic E-state index is 12.4. The second kappa shape index (κ2) is 7.33. The zero-order valence-corrected chi connectivity index (χ0v) is 14.2. The van der Waals surface area contributed by atoms with Crippen molar-refractivity contribution < 1.29 is 24.3 Å². The van der Waals surface area contributed by atoms with E-state index in [4.69, 9.17) is 5.11 Å². The first-order valence-electron chi connectivity index (χ1n) is 8.00. The fraction of sp³-hybridized carbons (Fsp3) is 0.412. The molecule has 3 amide bonds. The van der Waals surface area contributed by atoms with Gasteiger partial charge in [0, 0.05) is 12.8 Å². The summed E-state index contributed by atoms with van der Waals surface area (Å²) in [4.78, 5) is 48.7. The first kappa shape index (κ1) is 18.4. The molecule has 1 aromatic rings. The first-order valence-corrected chi connectivity index (χ1v) is 8.00. The zero-order valence-electron chi connectivity index (χ0n) is 14.2. The molecule has 0 spiro atoms. The van der Waals surface area contributed by atoms with Crippen molar-refractivity contribution in [2.75, 3.05) is 16.8 Å². The van der Waals surface area contributed by atoms with Crippen LogP contribution >= 0.6 is 0 Å². The normalized spacial score (nSPS) is 15.6. The van der Waals surface area contributed by atoms with E-state index in [2.05, 4.69) is 10.6 Å². The van der Waals surface area contributed by atoms with E-state index in [0.29, 0.717) is 11.4 Å². The largest absolute Gasteiger partial charge is 0.480 e. The molecule has 1 heterocycles. The molecule has 8 heteroatoms. The SMILES string of the molecule is CCC(C)(NC(=O)CCC(=O)N1CC(=O)Nc2ccccc21)C(=O)O. The van der Waals surface area contributed by atoms with E-state index in [-0.39, 0.29) is 37.6 Å². The molecule has 1 aromatic carbocycles. The molecular weight excluding hydrogens is 326 g/mol. The summed E-state index contributed by atoms with van der Waals surface area (Å²) in [6.45, 7) is 2.96. The molecule has 0 bridgehead atoms. The van der Waals surface area contributed by atoms with Crippen LogP contribution in [0.3, 0.4) is 0 Å². The fourth-order valence-corrected chi connectivity index (χ4v) is 2.47. The maximum Gasteiger partial charge on any atom is 0.329 e. The van der Waals surface area contributed by atoms with Gasteiger partial charge in [0.15, 0.2) is 0 Å². The van der Waals surface area contributed by atoms with Gasteiger partial charge in [-0.2, -0.15) is 0 Å². The number of amides is 3. The van der Waals surface area contributed by atoms with E-state index < -0.39 is 17.4 Å². The van der Waals surface area contributed by atoms with Crippen LogP contribution in [0.15, 0.2) is 24.3 Å². The molecule has 0 aromatic heterocycles. The van der Waals surface area contributed by atoms with Crippen molar-refractivity contribution in [2.24, 2.45) is 0 Å². The van der Waals surface area contributed by atoms with Gasteiger partial charge in [0.2, 0.25) is 17.7 Å². The Kier molecular flexibility index (Phi) is 5.41. The standard InChI is InChI=1S/C17H21N3O5/c1-3-17(2,16(24)25)19-13(21)8-9-15(23)20-10-14(22)18-11-6-4-5-7-12(11)20/h4-7H,3,8-10H2,1-2H3,(H,18,22)(H,19,21)(H,24,25). The third-order valence-corrected chi connectivity index (χ3v) is 4.23. The van der Waals surface area contributed by atoms with Crippen LogP contribution in [0, 0.1) is 0 Å². The number of aliphatic carboxylic acids is 1. The lowest BCUT2D eigenvalue weighted by Crippen LogP contribution is -2.52. The van der Waals surface area contributed by atoms with Gasteiger partial charge in [-0.05, 0) is 25.5 Å². The van der Waals surface area contributed by atoms with Gasteiger partial charge in [0.05, 0.1) is 11.4 Å². The summed E-state index contributed by atoms with van der Waals surface area (Å²) >= 11 is 0. The van der Waals surface area contributed by atoms with Crippen LogP contribution < -0.4 is 15.5 Å². The average molecular weight is 347 g/mol. The predicted molar refractivity (Wildman–Crippen MR) is 91.1 cm³/mol. The number of benzene rings is 1. The Balaban J connectivity index is 2.00. The Morgan fingerprint density at radius 1 is 1.28 bits per heavy atom. The third kappa shape index (κ3) is 4.14. The predicted octanol–water partition coefficient (Wildman–Crippen LogP) is 1.12. The van der Waals surface area contributed by atoms with Crippen molar-refractivity contribution in [3.63, 3.8) is 0 Å². The number of hydrogen-bond donors (Lipinski definition) is 3. The number of carbonyl (C=O) groups excluding carboxylic acids is 3. The van der Waals surface area contributed by atoms with E-state index in [1.807, 2.05) is 0 Å². The minimum atomic E-state index is -1.36. The van der Waals surface area contributed by atoms with Crippen molar-refractivity contribution in [3.05, 3.63) is 24.3 Å². The number of nitrogens with one attached hydrogen (secondary N) is 2. The molecule has 1 unspecified atom stereocenters. The number of anilines is 2. The molecule has 3 N–H and O–H groups in total. The van der Waals surface area contributed by atoms with Gasteiger partial charge in [0.25, 0.3) is 0 Å². The summed E-state index contributed by atoms with van der Waals surface area (Å²) in [6, 6.07) is 6.91. The highest BCUT2D eigenvalue weighted by molar-refractivity contribution is 6.10. The Hall–Kier alpha value is -2.90. The van der Waals surface area contributed by atoms with E-state index in [0.717, 1.165) is 0 Å². The summed E-state index contributed by atoms with van der Waals surface area (Å²) in [5.41, 5.74) is -0.241. The number of carboxylic acids is 1. The van der Waals surface area contributed by atoms with Gasteiger partial charge in [-0.15, -0.1) is 0 Å². The van der Waals surface area contributed by atoms with Crippen LogP contribution in [0.5, 0.6) is 0 Å². The lowest BCUT2D eigenvalue weighted by Gasteiger charge is -2.29. The number of fused-ring (bicyclic) bond motifs is 1. The number of hydrogen-bond acceptors (Lipinski definition) is 4. The molecule has 0 saturated heterocycles. The van der Waals surface area contributed by atoms with Gasteiger partial charge < -0.3 is 20.6 Å². The fourth-order valence-electron chi connectivity index (χ4n) is 2.47. The van der Waals surface area contributed by atoms with E-state index in [9.17, 15) is 19.2 Å². The zero-order chi connectivity index (χ0) is 18.6. The molecule has 1 aliphatic rings. The maximum absolute atomic E-state index is 12.4. The van der Waals surface area contributed by atoms with Crippen LogP contribution in [0.2, 0.25) is 0 Å². The monoisotopic (exact) mass is 347 g/mol. The molecule has 134 valence electrons. The third-order valence-electron chi connectivity index (χ3n) is 4.23. The second-order valence-electron chi connectivity index (χ2n) is 6.08. The van der Waals surface area contributed by atoms with Crippen LogP contribution in [0.25, 0.3) is 0 Å². The van der Waals surface area contributed by atoms with Crippen LogP contribution in [-0.2, 0) is 19.2 Å². The Morgan fingerprint density at radius 2 is 1.96 bits per heavy atom. The van der Waals surface area contributed by atoms with Crippen molar-refractivity contribution in [3.8, 4) is 0 Å². The summed E-state index contributed by atoms with van der Waals surface area (Å²) in [7, 11) is 0. The van der Waals surface area contributed by atoms with E-state index >= 15 is 0 Å². The Morgan fingerprint density at radius 3 is 2.60 bits per heavy atom. The average Bonchev–Trinajstić information content (AvgIpc) is 2.58. The molecule has 0 radical (unpaired) electrons. The molecule has 8 nitrogen and oxygen atoms in total. The number of carboxylic acid groups (broad SMARTS) is 1. The molecule has 0 saturated carbocycles. The van der Waals surface area contributed by atoms with Crippen LogP contribution in [-0.4, -0.2) is 40.9 Å².